The normalized spacial score (nSPS) is 14.0. The molecule has 30 heavy (non-hydrogen) atoms. The first-order valence-electron chi connectivity index (χ1n) is 9.98. The molecular weight excluding hydrogens is 394 g/mol. The molecule has 0 heterocycles. The van der Waals surface area contributed by atoms with Gasteiger partial charge in [-0.05, 0) is 62.6 Å². The van der Waals surface area contributed by atoms with Crippen molar-refractivity contribution < 1.29 is 9.84 Å². The molecule has 0 aliphatic heterocycles. The smallest absolute Gasteiger partial charge is 0.141 e. The van der Waals surface area contributed by atoms with E-state index in [1.54, 1.807) is 19.3 Å². The van der Waals surface area contributed by atoms with E-state index in [2.05, 4.69) is 43.4 Å². The molecular formula is C24H35N3O2S. The number of nitrogens with one attached hydrogen (secondary N) is 1. The van der Waals surface area contributed by atoms with Crippen LogP contribution >= 0.6 is 12.6 Å². The molecule has 0 radical (unpaired) electrons. The first-order valence-corrected chi connectivity index (χ1v) is 10.4. The molecule has 0 bridgehead atoms. The minimum absolute atomic E-state index is 0.146. The van der Waals surface area contributed by atoms with E-state index < -0.39 is 0 Å². The summed E-state index contributed by atoms with van der Waals surface area (Å²) in [6, 6.07) is 5.53. The van der Waals surface area contributed by atoms with E-state index in [1.165, 1.54) is 0 Å². The molecule has 0 amide bonds. The molecule has 4 N–H and O–H groups in total. The highest BCUT2D eigenvalue weighted by Gasteiger charge is 2.18. The van der Waals surface area contributed by atoms with Crippen molar-refractivity contribution in [1.82, 2.24) is 10.3 Å². The van der Waals surface area contributed by atoms with Crippen molar-refractivity contribution in [2.75, 3.05) is 20.7 Å². The number of nitrogens with zero attached hydrogens (tertiary/aromatic N) is 1. The largest absolute Gasteiger partial charge is 0.507 e. The first-order chi connectivity index (χ1) is 14.3. The van der Waals surface area contributed by atoms with Gasteiger partial charge in [0.15, 0.2) is 0 Å². The van der Waals surface area contributed by atoms with Gasteiger partial charge < -0.3 is 20.2 Å². The number of benzene rings is 1. The van der Waals surface area contributed by atoms with Crippen LogP contribution in [0.2, 0.25) is 0 Å². The zero-order valence-electron chi connectivity index (χ0n) is 18.9. The van der Waals surface area contributed by atoms with Crippen LogP contribution in [0.25, 0.3) is 5.70 Å². The highest BCUT2D eigenvalue weighted by atomic mass is 32.1. The molecule has 6 heteroatoms. The lowest BCUT2D eigenvalue weighted by atomic mass is 9.96. The number of phenolic OH excluding ortho intramolecular Hbond substituents is 1. The molecule has 164 valence electrons. The van der Waals surface area contributed by atoms with Gasteiger partial charge in [0.2, 0.25) is 0 Å². The second kappa shape index (κ2) is 12.2. The standard InChI is InChI=1S/C24H35N3O2S/c1-8-17-12-13-20(28)18(15-17)24(26-25)23(22(30)10-3)16(5)14-19(27(6)11-4)21(9-2)29-7/h9-10,12-15,26,28,30H,2,8,11,25H2,1,3-7H3/b16-14+,21-19-,22-10+,24-23-. The Morgan fingerprint density at radius 3 is 2.50 bits per heavy atom. The number of nitrogens with two attached hydrogens (primary N) is 1. The Labute approximate surface area is 186 Å². The Kier molecular flexibility index (Phi) is 10.4. The maximum atomic E-state index is 10.5. The quantitative estimate of drug-likeness (QED) is 0.140. The number of phenols is 1. The Balaban J connectivity index is 3.90. The third kappa shape index (κ3) is 5.97. The van der Waals surface area contributed by atoms with Crippen LogP contribution in [0.3, 0.4) is 0 Å². The predicted octanol–water partition coefficient (Wildman–Crippen LogP) is 4.90. The molecule has 0 aromatic heterocycles. The summed E-state index contributed by atoms with van der Waals surface area (Å²) in [5, 5.41) is 10.5. The van der Waals surface area contributed by atoms with E-state index in [-0.39, 0.29) is 5.75 Å². The number of aromatic hydroxyl groups is 1. The molecule has 0 unspecified atom stereocenters. The van der Waals surface area contributed by atoms with Crippen LogP contribution in [0, 0.1) is 0 Å². The first kappa shape index (κ1) is 25.5. The molecule has 5 nitrogen and oxygen atoms in total. The maximum absolute atomic E-state index is 10.5. The van der Waals surface area contributed by atoms with Gasteiger partial charge in [-0.3, -0.25) is 5.84 Å². The number of likely N-dealkylation sites (N-methyl/N-ethyl adjacent to an activating group) is 1. The highest BCUT2D eigenvalue weighted by Crippen LogP contribution is 2.34. The van der Waals surface area contributed by atoms with Crippen LogP contribution in [0.4, 0.5) is 0 Å². The monoisotopic (exact) mass is 429 g/mol. The summed E-state index contributed by atoms with van der Waals surface area (Å²) < 4.78 is 5.52. The average molecular weight is 430 g/mol. The number of hydrogen-bond donors (Lipinski definition) is 4. The fourth-order valence-electron chi connectivity index (χ4n) is 3.07. The van der Waals surface area contributed by atoms with Gasteiger partial charge in [0.05, 0.1) is 18.5 Å². The summed E-state index contributed by atoms with van der Waals surface area (Å²) in [6.07, 6.45) is 6.44. The zero-order valence-corrected chi connectivity index (χ0v) is 19.8. The predicted molar refractivity (Wildman–Crippen MR) is 131 cm³/mol. The molecule has 0 atom stereocenters. The van der Waals surface area contributed by atoms with Crippen molar-refractivity contribution in [2.24, 2.45) is 5.84 Å². The van der Waals surface area contributed by atoms with E-state index in [9.17, 15) is 5.11 Å². The lowest BCUT2D eigenvalue weighted by molar-refractivity contribution is 0.286. The van der Waals surface area contributed by atoms with Crippen LogP contribution in [0.5, 0.6) is 5.75 Å². The molecule has 0 saturated carbocycles. The van der Waals surface area contributed by atoms with Gasteiger partial charge in [0.1, 0.15) is 11.5 Å². The molecule has 0 spiro atoms. The molecule has 1 aromatic rings. The van der Waals surface area contributed by atoms with Crippen molar-refractivity contribution in [1.29, 1.82) is 0 Å². The summed E-state index contributed by atoms with van der Waals surface area (Å²) in [5.41, 5.74) is 7.67. The summed E-state index contributed by atoms with van der Waals surface area (Å²) in [5.74, 6) is 6.76. The van der Waals surface area contributed by atoms with Gasteiger partial charge >= 0.3 is 0 Å². The molecule has 0 aliphatic carbocycles. The molecule has 1 aromatic carbocycles. The van der Waals surface area contributed by atoms with Crippen molar-refractivity contribution in [3.05, 3.63) is 81.6 Å². The molecule has 0 aliphatic rings. The number of rotatable bonds is 10. The summed E-state index contributed by atoms with van der Waals surface area (Å²) in [4.78, 5) is 2.80. The van der Waals surface area contributed by atoms with Crippen molar-refractivity contribution in [3.63, 3.8) is 0 Å². The zero-order chi connectivity index (χ0) is 22.8. The van der Waals surface area contributed by atoms with Crippen molar-refractivity contribution in [3.8, 4) is 5.75 Å². The Morgan fingerprint density at radius 2 is 2.03 bits per heavy atom. The van der Waals surface area contributed by atoms with Gasteiger partial charge in [-0.1, -0.05) is 25.6 Å². The second-order valence-corrected chi connectivity index (χ2v) is 7.25. The third-order valence-corrected chi connectivity index (χ3v) is 5.44. The fourth-order valence-corrected chi connectivity index (χ4v) is 3.36. The molecule has 1 rings (SSSR count). The summed E-state index contributed by atoms with van der Waals surface area (Å²) >= 11 is 4.69. The van der Waals surface area contributed by atoms with E-state index in [0.29, 0.717) is 17.0 Å². The topological polar surface area (TPSA) is 70.8 Å². The number of hydrogen-bond acceptors (Lipinski definition) is 6. The second-order valence-electron chi connectivity index (χ2n) is 6.77. The van der Waals surface area contributed by atoms with Gasteiger partial charge in [0.25, 0.3) is 0 Å². The van der Waals surface area contributed by atoms with Crippen LogP contribution < -0.4 is 11.3 Å². The van der Waals surface area contributed by atoms with Crippen LogP contribution in [-0.4, -0.2) is 30.7 Å². The minimum atomic E-state index is 0.146. The number of thiol groups is 1. The minimum Gasteiger partial charge on any atom is -0.507 e. The number of aryl methyl sites for hydroxylation is 1. The van der Waals surface area contributed by atoms with E-state index in [4.69, 9.17) is 10.6 Å². The SMILES string of the molecule is C=C\C(OC)=C(/C=C(C)/C(=C(/NN)c1cc(CC)ccc1O)C(/S)=C\C)N(C)CC. The van der Waals surface area contributed by atoms with Crippen LogP contribution in [0.15, 0.2) is 70.5 Å². The number of hydrazine groups is 1. The van der Waals surface area contributed by atoms with Crippen LogP contribution in [0.1, 0.15) is 38.8 Å². The number of methoxy groups -OCH3 is 1. The average Bonchev–Trinajstić information content (AvgIpc) is 2.76. The van der Waals surface area contributed by atoms with Crippen LogP contribution in [-0.2, 0) is 11.2 Å². The van der Waals surface area contributed by atoms with Crippen molar-refractivity contribution in [2.45, 2.75) is 34.1 Å². The number of ether oxygens (including phenoxy) is 1. The number of allylic oxidation sites excluding steroid dienone is 5. The Hall–Kier alpha value is -2.57. The lowest BCUT2D eigenvalue weighted by Gasteiger charge is -2.23. The van der Waals surface area contributed by atoms with Gasteiger partial charge in [-0.25, -0.2) is 0 Å². The van der Waals surface area contributed by atoms with Gasteiger partial charge in [-0.2, -0.15) is 0 Å². The van der Waals surface area contributed by atoms with Gasteiger partial charge in [-0.15, -0.1) is 12.6 Å². The molecule has 0 saturated heterocycles. The highest BCUT2D eigenvalue weighted by molar-refractivity contribution is 7.84. The van der Waals surface area contributed by atoms with E-state index in [0.717, 1.165) is 40.3 Å². The molecule has 0 fully saturated rings. The maximum Gasteiger partial charge on any atom is 0.141 e. The van der Waals surface area contributed by atoms with Crippen molar-refractivity contribution >= 4 is 18.3 Å². The van der Waals surface area contributed by atoms with E-state index in [1.807, 2.05) is 45.2 Å². The Morgan fingerprint density at radius 1 is 1.37 bits per heavy atom. The third-order valence-electron chi connectivity index (χ3n) is 4.95. The Bertz CT molecular complexity index is 882. The lowest BCUT2D eigenvalue weighted by Crippen LogP contribution is -2.23. The summed E-state index contributed by atoms with van der Waals surface area (Å²) in [6.45, 7) is 12.7. The summed E-state index contributed by atoms with van der Waals surface area (Å²) in [7, 11) is 3.61. The fraction of sp³-hybridized carbons (Fsp3) is 0.333. The van der Waals surface area contributed by atoms with Gasteiger partial charge in [0, 0.05) is 29.6 Å². The van der Waals surface area contributed by atoms with E-state index >= 15 is 0 Å².